The Morgan fingerprint density at radius 2 is 1.90 bits per heavy atom. The van der Waals surface area contributed by atoms with E-state index in [1.54, 1.807) is 6.07 Å². The fourth-order valence-corrected chi connectivity index (χ4v) is 7.10. The molecule has 158 valence electrons. The number of halogens is 1. The molecule has 2 heterocycles. The molecule has 2 aliphatic heterocycles. The summed E-state index contributed by atoms with van der Waals surface area (Å²) in [7, 11) is 0. The van der Waals surface area contributed by atoms with E-state index in [-0.39, 0.29) is 17.2 Å². The zero-order valence-electron chi connectivity index (χ0n) is 17.6. The van der Waals surface area contributed by atoms with E-state index < -0.39 is 0 Å². The number of amides is 1. The van der Waals surface area contributed by atoms with E-state index in [2.05, 4.69) is 16.3 Å². The van der Waals surface area contributed by atoms with Crippen molar-refractivity contribution < 1.29 is 9.18 Å². The molecule has 1 N–H and O–H groups in total. The minimum atomic E-state index is -0.357. The van der Waals surface area contributed by atoms with Crippen LogP contribution in [0.15, 0.2) is 18.2 Å². The topological polar surface area (TPSA) is 32.3 Å². The van der Waals surface area contributed by atoms with E-state index in [0.29, 0.717) is 24.4 Å². The monoisotopic (exact) mass is 398 g/mol. The minimum Gasteiger partial charge on any atom is -0.339 e. The molecule has 1 aromatic carbocycles. The molecule has 29 heavy (non-hydrogen) atoms. The first kappa shape index (κ1) is 19.5. The van der Waals surface area contributed by atoms with Crippen LogP contribution in [0.4, 0.5) is 4.39 Å². The highest BCUT2D eigenvalue weighted by atomic mass is 19.1. The summed E-state index contributed by atoms with van der Waals surface area (Å²) in [6, 6.07) is 5.91. The Bertz CT molecular complexity index is 759. The van der Waals surface area contributed by atoms with Gasteiger partial charge in [-0.15, -0.1) is 0 Å². The quantitative estimate of drug-likeness (QED) is 0.791. The molecule has 5 rings (SSSR count). The fourth-order valence-electron chi connectivity index (χ4n) is 7.10. The summed E-state index contributed by atoms with van der Waals surface area (Å²) in [5.74, 6) is 0.754. The molecule has 3 fully saturated rings. The predicted molar refractivity (Wildman–Crippen MR) is 113 cm³/mol. The lowest BCUT2D eigenvalue weighted by atomic mass is 9.63. The first-order valence-corrected chi connectivity index (χ1v) is 12.0. The van der Waals surface area contributed by atoms with Gasteiger partial charge >= 0.3 is 0 Å². The first-order chi connectivity index (χ1) is 14.2. The number of carbonyl (C=O) groups excluding carboxylic acids is 1. The number of hydrogen-bond acceptors (Lipinski definition) is 2. The van der Waals surface area contributed by atoms with Gasteiger partial charge in [0.1, 0.15) is 5.82 Å². The summed E-state index contributed by atoms with van der Waals surface area (Å²) < 4.78 is 15.1. The summed E-state index contributed by atoms with van der Waals surface area (Å²) in [6.07, 6.45) is 13.0. The third-order valence-corrected chi connectivity index (χ3v) is 8.45. The van der Waals surface area contributed by atoms with Crippen LogP contribution < -0.4 is 5.32 Å². The average Bonchev–Trinajstić information content (AvgIpc) is 3.17. The molecular weight excluding hydrogens is 363 g/mol. The van der Waals surface area contributed by atoms with Gasteiger partial charge in [-0.3, -0.25) is 4.79 Å². The van der Waals surface area contributed by atoms with E-state index >= 15 is 4.39 Å². The molecule has 3 atom stereocenters. The van der Waals surface area contributed by atoms with Crippen LogP contribution in [0.5, 0.6) is 0 Å². The molecule has 1 spiro atoms. The number of nitrogens with one attached hydrogen (secondary N) is 1. The van der Waals surface area contributed by atoms with Crippen LogP contribution in [0.2, 0.25) is 0 Å². The van der Waals surface area contributed by atoms with Crippen molar-refractivity contribution in [2.45, 2.75) is 82.1 Å². The van der Waals surface area contributed by atoms with Crippen molar-refractivity contribution in [1.82, 2.24) is 10.2 Å². The average molecular weight is 399 g/mol. The highest BCUT2D eigenvalue weighted by Crippen LogP contribution is 2.47. The second-order valence-corrected chi connectivity index (χ2v) is 9.96. The Balaban J connectivity index is 1.46. The van der Waals surface area contributed by atoms with Crippen LogP contribution in [0, 0.1) is 17.7 Å². The summed E-state index contributed by atoms with van der Waals surface area (Å²) in [5.41, 5.74) is 1.62. The Morgan fingerprint density at radius 3 is 2.76 bits per heavy atom. The smallest absolute Gasteiger partial charge is 0.228 e. The number of aryl methyl sites for hydroxylation is 1. The van der Waals surface area contributed by atoms with Gasteiger partial charge in [0.05, 0.1) is 5.92 Å². The number of piperidine rings is 1. The molecule has 4 aliphatic rings. The molecule has 4 heteroatoms. The maximum absolute atomic E-state index is 15.1. The van der Waals surface area contributed by atoms with E-state index in [1.807, 2.05) is 6.07 Å². The van der Waals surface area contributed by atoms with Crippen molar-refractivity contribution >= 4 is 5.91 Å². The number of rotatable bonds is 2. The number of hydrogen-bond donors (Lipinski definition) is 1. The minimum absolute atomic E-state index is 0.105. The van der Waals surface area contributed by atoms with Gasteiger partial charge in [0.15, 0.2) is 0 Å². The predicted octanol–water partition coefficient (Wildman–Crippen LogP) is 4.58. The van der Waals surface area contributed by atoms with E-state index in [1.165, 1.54) is 38.5 Å². The Hall–Kier alpha value is -1.42. The molecule has 0 bridgehead atoms. The first-order valence-electron chi connectivity index (χ1n) is 12.0. The summed E-state index contributed by atoms with van der Waals surface area (Å²) in [4.78, 5) is 16.3. The van der Waals surface area contributed by atoms with Crippen molar-refractivity contribution in [2.75, 3.05) is 19.6 Å². The maximum atomic E-state index is 15.1. The lowest BCUT2D eigenvalue weighted by molar-refractivity contribution is -0.142. The number of likely N-dealkylation sites (tertiary alicyclic amines) is 1. The molecule has 1 unspecified atom stereocenters. The van der Waals surface area contributed by atoms with Gasteiger partial charge in [0.2, 0.25) is 5.91 Å². The third-order valence-electron chi connectivity index (χ3n) is 8.45. The van der Waals surface area contributed by atoms with Gasteiger partial charge in [-0.25, -0.2) is 4.39 Å². The van der Waals surface area contributed by atoms with Gasteiger partial charge in [-0.1, -0.05) is 31.4 Å². The zero-order chi connectivity index (χ0) is 19.8. The molecule has 2 saturated heterocycles. The molecule has 0 radical (unpaired) electrons. The van der Waals surface area contributed by atoms with Crippen molar-refractivity contribution in [3.63, 3.8) is 0 Å². The van der Waals surface area contributed by atoms with Gasteiger partial charge < -0.3 is 10.2 Å². The summed E-state index contributed by atoms with van der Waals surface area (Å²) in [6.45, 7) is 2.33. The highest BCUT2D eigenvalue weighted by molar-refractivity contribution is 5.82. The molecule has 2 aliphatic carbocycles. The number of fused-ring (bicyclic) bond motifs is 2. The Kier molecular flexibility index (Phi) is 5.40. The number of benzene rings is 1. The number of carbonyl (C=O) groups is 1. The van der Waals surface area contributed by atoms with Crippen molar-refractivity contribution in [2.24, 2.45) is 11.8 Å². The second kappa shape index (κ2) is 8.02. The van der Waals surface area contributed by atoms with E-state index in [9.17, 15) is 4.79 Å². The van der Waals surface area contributed by atoms with Crippen LogP contribution in [-0.4, -0.2) is 36.5 Å². The largest absolute Gasteiger partial charge is 0.339 e. The lowest BCUT2D eigenvalue weighted by Crippen LogP contribution is -2.54. The van der Waals surface area contributed by atoms with E-state index in [0.717, 1.165) is 56.3 Å². The van der Waals surface area contributed by atoms with Crippen LogP contribution in [-0.2, 0) is 16.6 Å². The molecule has 1 amide bonds. The zero-order valence-corrected chi connectivity index (χ0v) is 17.6. The molecule has 1 saturated carbocycles. The molecular formula is C25H35FN2O. The highest BCUT2D eigenvalue weighted by Gasteiger charge is 2.53. The van der Waals surface area contributed by atoms with Gasteiger partial charge in [-0.2, -0.15) is 0 Å². The van der Waals surface area contributed by atoms with E-state index in [4.69, 9.17) is 0 Å². The second-order valence-electron chi connectivity index (χ2n) is 9.96. The van der Waals surface area contributed by atoms with Gasteiger partial charge in [0, 0.05) is 31.1 Å². The SMILES string of the molecule is O=C(C1CNC[C@]12CCCc1cccc(F)c12)N1CCCC[C@H]1C1CCCCC1. The maximum Gasteiger partial charge on any atom is 0.228 e. The van der Waals surface area contributed by atoms with Crippen LogP contribution in [0.1, 0.15) is 75.3 Å². The van der Waals surface area contributed by atoms with Crippen LogP contribution in [0.3, 0.4) is 0 Å². The standard InChI is InChI=1S/C25H35FN2O/c26-21-12-6-10-19-11-7-14-25(23(19)21)17-27-16-20(25)24(29)28-15-5-4-13-22(28)18-8-2-1-3-9-18/h6,10,12,18,20,22,27H,1-5,7-9,11,13-17H2/t20?,22-,25+/m0/s1. The molecule has 1 aromatic rings. The van der Waals surface area contributed by atoms with Crippen LogP contribution >= 0.6 is 0 Å². The van der Waals surface area contributed by atoms with Crippen molar-refractivity contribution in [3.8, 4) is 0 Å². The van der Waals surface area contributed by atoms with Gasteiger partial charge in [-0.05, 0) is 74.5 Å². The fraction of sp³-hybridized carbons (Fsp3) is 0.720. The summed E-state index contributed by atoms with van der Waals surface area (Å²) in [5, 5.41) is 3.50. The van der Waals surface area contributed by atoms with Crippen molar-refractivity contribution in [1.29, 1.82) is 0 Å². The lowest BCUT2D eigenvalue weighted by Gasteiger charge is -2.46. The Labute approximate surface area is 174 Å². The molecule has 0 aromatic heterocycles. The third kappa shape index (κ3) is 3.32. The molecule has 3 nitrogen and oxygen atoms in total. The Morgan fingerprint density at radius 1 is 1.07 bits per heavy atom. The summed E-state index contributed by atoms with van der Waals surface area (Å²) >= 11 is 0. The normalized spacial score (nSPS) is 33.1. The number of nitrogens with zero attached hydrogens (tertiary/aromatic N) is 1. The van der Waals surface area contributed by atoms with Gasteiger partial charge in [0.25, 0.3) is 0 Å². The van der Waals surface area contributed by atoms with Crippen molar-refractivity contribution in [3.05, 3.63) is 35.1 Å². The van der Waals surface area contributed by atoms with Crippen LogP contribution in [0.25, 0.3) is 0 Å².